The van der Waals surface area contributed by atoms with Gasteiger partial charge in [0.2, 0.25) is 10.0 Å². The first kappa shape index (κ1) is 12.0. The van der Waals surface area contributed by atoms with Gasteiger partial charge >= 0.3 is 0 Å². The van der Waals surface area contributed by atoms with E-state index in [1.54, 1.807) is 6.07 Å². The number of sulfonamides is 1. The summed E-state index contributed by atoms with van der Waals surface area (Å²) in [4.78, 5) is 3.71. The monoisotopic (exact) mass is 252 g/mol. The van der Waals surface area contributed by atoms with E-state index < -0.39 is 10.0 Å². The fourth-order valence-electron chi connectivity index (χ4n) is 1.79. The van der Waals surface area contributed by atoms with E-state index in [4.69, 9.17) is 11.0 Å². The molecule has 2 rings (SSSR count). The van der Waals surface area contributed by atoms with Gasteiger partial charge in [0, 0.05) is 25.3 Å². The van der Waals surface area contributed by atoms with Crippen molar-refractivity contribution in [3.63, 3.8) is 0 Å². The van der Waals surface area contributed by atoms with E-state index in [2.05, 4.69) is 4.98 Å². The molecular weight excluding hydrogens is 240 g/mol. The van der Waals surface area contributed by atoms with E-state index in [9.17, 15) is 8.42 Å². The molecule has 1 aromatic heterocycles. The summed E-state index contributed by atoms with van der Waals surface area (Å²) in [5, 5.41) is 8.86. The van der Waals surface area contributed by atoms with Gasteiger partial charge in [-0.3, -0.25) is 0 Å². The molecule has 0 unspecified atom stereocenters. The first-order valence-electron chi connectivity index (χ1n) is 5.16. The molecule has 90 valence electrons. The SMILES string of the molecule is N#Cc1ncccc1S(=O)(=O)N1CC[C@H](N)C1. The van der Waals surface area contributed by atoms with Gasteiger partial charge in [0.05, 0.1) is 0 Å². The van der Waals surface area contributed by atoms with Crippen LogP contribution in [0.15, 0.2) is 23.2 Å². The Morgan fingerprint density at radius 3 is 2.94 bits per heavy atom. The lowest BCUT2D eigenvalue weighted by atomic mass is 10.3. The molecule has 2 heterocycles. The number of rotatable bonds is 2. The predicted octanol–water partition coefficient (Wildman–Crippen LogP) is -0.325. The van der Waals surface area contributed by atoms with Crippen LogP contribution in [0.3, 0.4) is 0 Å². The maximum Gasteiger partial charge on any atom is 0.246 e. The quantitative estimate of drug-likeness (QED) is 0.777. The fourth-order valence-corrected chi connectivity index (χ4v) is 3.40. The van der Waals surface area contributed by atoms with Gasteiger partial charge in [0.15, 0.2) is 5.69 Å². The van der Waals surface area contributed by atoms with Crippen LogP contribution in [0.1, 0.15) is 12.1 Å². The minimum Gasteiger partial charge on any atom is -0.326 e. The molecule has 17 heavy (non-hydrogen) atoms. The molecule has 1 aliphatic heterocycles. The summed E-state index contributed by atoms with van der Waals surface area (Å²) in [5.74, 6) is 0. The van der Waals surface area contributed by atoms with Crippen LogP contribution in [0.4, 0.5) is 0 Å². The lowest BCUT2D eigenvalue weighted by Crippen LogP contribution is -2.32. The molecule has 6 nitrogen and oxygen atoms in total. The molecule has 1 aromatic rings. The number of nitriles is 1. The molecule has 0 aliphatic carbocycles. The molecular formula is C10H12N4O2S. The third-order valence-corrected chi connectivity index (χ3v) is 4.58. The van der Waals surface area contributed by atoms with E-state index in [0.29, 0.717) is 19.5 Å². The first-order valence-corrected chi connectivity index (χ1v) is 6.60. The van der Waals surface area contributed by atoms with Crippen molar-refractivity contribution in [1.82, 2.24) is 9.29 Å². The van der Waals surface area contributed by atoms with Crippen LogP contribution < -0.4 is 5.73 Å². The molecule has 1 fully saturated rings. The minimum atomic E-state index is -3.65. The zero-order chi connectivity index (χ0) is 12.5. The van der Waals surface area contributed by atoms with E-state index >= 15 is 0 Å². The fraction of sp³-hybridized carbons (Fsp3) is 0.400. The molecule has 1 aliphatic rings. The molecule has 0 amide bonds. The van der Waals surface area contributed by atoms with Crippen LogP contribution in [0.5, 0.6) is 0 Å². The van der Waals surface area contributed by atoms with Gasteiger partial charge in [0.25, 0.3) is 0 Å². The summed E-state index contributed by atoms with van der Waals surface area (Å²) in [6.45, 7) is 0.686. The third kappa shape index (κ3) is 2.15. The first-order chi connectivity index (χ1) is 8.05. The average molecular weight is 252 g/mol. The highest BCUT2D eigenvalue weighted by atomic mass is 32.2. The highest BCUT2D eigenvalue weighted by Gasteiger charge is 2.32. The van der Waals surface area contributed by atoms with E-state index in [1.165, 1.54) is 22.6 Å². The van der Waals surface area contributed by atoms with Crippen molar-refractivity contribution < 1.29 is 8.42 Å². The number of hydrogen-bond donors (Lipinski definition) is 1. The van der Waals surface area contributed by atoms with Gasteiger partial charge in [-0.05, 0) is 18.6 Å². The van der Waals surface area contributed by atoms with Crippen LogP contribution in [0, 0.1) is 11.3 Å². The third-order valence-electron chi connectivity index (χ3n) is 2.68. The lowest BCUT2D eigenvalue weighted by molar-refractivity contribution is 0.472. The van der Waals surface area contributed by atoms with Crippen molar-refractivity contribution in [2.75, 3.05) is 13.1 Å². The Balaban J connectivity index is 2.42. The average Bonchev–Trinajstić information content (AvgIpc) is 2.76. The number of pyridine rings is 1. The van der Waals surface area contributed by atoms with E-state index in [-0.39, 0.29) is 16.6 Å². The van der Waals surface area contributed by atoms with Crippen LogP contribution in [0.2, 0.25) is 0 Å². The Hall–Kier alpha value is -1.49. The summed E-state index contributed by atoms with van der Waals surface area (Å²) in [6, 6.07) is 4.55. The Labute approximate surface area is 99.7 Å². The van der Waals surface area contributed by atoms with Crippen LogP contribution in [-0.2, 0) is 10.0 Å². The molecule has 1 atom stereocenters. The van der Waals surface area contributed by atoms with Crippen LogP contribution in [0.25, 0.3) is 0 Å². The summed E-state index contributed by atoms with van der Waals surface area (Å²) in [6.07, 6.45) is 2.04. The maximum absolute atomic E-state index is 12.2. The van der Waals surface area contributed by atoms with Crippen LogP contribution in [-0.4, -0.2) is 36.8 Å². The second-order valence-electron chi connectivity index (χ2n) is 3.87. The lowest BCUT2D eigenvalue weighted by Gasteiger charge is -2.16. The topological polar surface area (TPSA) is 100 Å². The standard InChI is InChI=1S/C10H12N4O2S/c11-6-9-10(2-1-4-13-9)17(15,16)14-5-3-8(12)7-14/h1-2,4,8H,3,5,7,12H2/t8-/m0/s1. The summed E-state index contributed by atoms with van der Waals surface area (Å²) < 4.78 is 25.8. The van der Waals surface area contributed by atoms with Crippen molar-refractivity contribution in [2.24, 2.45) is 5.73 Å². The number of nitrogens with zero attached hydrogens (tertiary/aromatic N) is 3. The van der Waals surface area contributed by atoms with Gasteiger partial charge < -0.3 is 5.73 Å². The largest absolute Gasteiger partial charge is 0.326 e. The normalized spacial score (nSPS) is 21.3. The molecule has 0 radical (unpaired) electrons. The predicted molar refractivity (Wildman–Crippen MR) is 60.3 cm³/mol. The Bertz CT molecular complexity index is 564. The minimum absolute atomic E-state index is 0.0448. The highest BCUT2D eigenvalue weighted by molar-refractivity contribution is 7.89. The highest BCUT2D eigenvalue weighted by Crippen LogP contribution is 2.21. The Morgan fingerprint density at radius 1 is 1.59 bits per heavy atom. The smallest absolute Gasteiger partial charge is 0.246 e. The second kappa shape index (κ2) is 4.41. The Kier molecular flexibility index (Phi) is 3.11. The molecule has 0 spiro atoms. The van der Waals surface area contributed by atoms with Crippen molar-refractivity contribution >= 4 is 10.0 Å². The molecule has 0 saturated carbocycles. The zero-order valence-corrected chi connectivity index (χ0v) is 9.89. The summed E-state index contributed by atoms with van der Waals surface area (Å²) in [7, 11) is -3.65. The maximum atomic E-state index is 12.2. The van der Waals surface area contributed by atoms with Crippen molar-refractivity contribution in [2.45, 2.75) is 17.4 Å². The second-order valence-corrected chi connectivity index (χ2v) is 5.78. The number of nitrogens with two attached hydrogens (primary N) is 1. The van der Waals surface area contributed by atoms with Crippen LogP contribution >= 0.6 is 0 Å². The van der Waals surface area contributed by atoms with E-state index in [0.717, 1.165) is 0 Å². The molecule has 1 saturated heterocycles. The van der Waals surface area contributed by atoms with Gasteiger partial charge in [-0.15, -0.1) is 0 Å². The molecule has 0 aromatic carbocycles. The molecule has 2 N–H and O–H groups in total. The van der Waals surface area contributed by atoms with Crippen molar-refractivity contribution in [3.8, 4) is 6.07 Å². The van der Waals surface area contributed by atoms with Gasteiger partial charge in [-0.1, -0.05) is 0 Å². The number of aromatic nitrogens is 1. The molecule has 7 heteroatoms. The van der Waals surface area contributed by atoms with Gasteiger partial charge in [-0.25, -0.2) is 13.4 Å². The molecule has 0 bridgehead atoms. The number of hydrogen-bond acceptors (Lipinski definition) is 5. The van der Waals surface area contributed by atoms with Gasteiger partial charge in [0.1, 0.15) is 11.0 Å². The Morgan fingerprint density at radius 2 is 2.35 bits per heavy atom. The van der Waals surface area contributed by atoms with Crippen molar-refractivity contribution in [1.29, 1.82) is 5.26 Å². The van der Waals surface area contributed by atoms with Gasteiger partial charge in [-0.2, -0.15) is 9.57 Å². The zero-order valence-electron chi connectivity index (χ0n) is 9.07. The summed E-state index contributed by atoms with van der Waals surface area (Å²) >= 11 is 0. The van der Waals surface area contributed by atoms with E-state index in [1.807, 2.05) is 0 Å². The van der Waals surface area contributed by atoms with Crippen molar-refractivity contribution in [3.05, 3.63) is 24.0 Å². The summed E-state index contributed by atoms with van der Waals surface area (Å²) in [5.41, 5.74) is 5.61.